The Labute approximate surface area is 180 Å². The van der Waals surface area contributed by atoms with Crippen molar-refractivity contribution in [2.45, 2.75) is 54.8 Å². The molecule has 0 radical (unpaired) electrons. The summed E-state index contributed by atoms with van der Waals surface area (Å²) in [5, 5.41) is 21.1. The van der Waals surface area contributed by atoms with Crippen LogP contribution in [-0.4, -0.2) is 60.9 Å². The number of aryl methyl sites for hydroxylation is 1. The highest BCUT2D eigenvalue weighted by Crippen LogP contribution is 2.42. The second-order valence-electron chi connectivity index (χ2n) is 7.36. The summed E-state index contributed by atoms with van der Waals surface area (Å²) >= 11 is 4.40. The molecular formula is C18H22N4O4S3. The predicted molar refractivity (Wildman–Crippen MR) is 112 cm³/mol. The van der Waals surface area contributed by atoms with Crippen LogP contribution in [0.3, 0.4) is 0 Å². The van der Waals surface area contributed by atoms with Crippen molar-refractivity contribution >= 4 is 52.6 Å². The number of aromatic nitrogens is 2. The van der Waals surface area contributed by atoms with E-state index in [2.05, 4.69) is 15.5 Å². The van der Waals surface area contributed by atoms with Crippen LogP contribution in [0.1, 0.15) is 37.1 Å². The number of nitrogens with one attached hydrogen (secondary N) is 1. The number of fused-ring (bicyclic) bond motifs is 1. The number of carboxylic acid groups (broad SMARTS) is 1. The van der Waals surface area contributed by atoms with Crippen LogP contribution in [-0.2, 0) is 14.4 Å². The predicted octanol–water partition coefficient (Wildman–Crippen LogP) is 2.26. The molecular weight excluding hydrogens is 432 g/mol. The van der Waals surface area contributed by atoms with Crippen LogP contribution in [0.4, 0.5) is 0 Å². The number of carbonyl (C=O) groups is 3. The summed E-state index contributed by atoms with van der Waals surface area (Å²) in [6, 6.07) is -0.635. The lowest BCUT2D eigenvalue weighted by atomic mass is 9.88. The van der Waals surface area contributed by atoms with Gasteiger partial charge in [0.2, 0.25) is 5.91 Å². The van der Waals surface area contributed by atoms with Crippen LogP contribution in [0, 0.1) is 12.8 Å². The first-order chi connectivity index (χ1) is 14.0. The molecule has 0 spiro atoms. The van der Waals surface area contributed by atoms with Crippen molar-refractivity contribution in [2.24, 2.45) is 5.92 Å². The monoisotopic (exact) mass is 454 g/mol. The van der Waals surface area contributed by atoms with Gasteiger partial charge < -0.3 is 10.4 Å². The molecule has 1 saturated heterocycles. The molecule has 3 aliphatic rings. The highest BCUT2D eigenvalue weighted by Gasteiger charge is 2.54. The van der Waals surface area contributed by atoms with Crippen molar-refractivity contribution < 1.29 is 19.5 Å². The Balaban J connectivity index is 1.44. The van der Waals surface area contributed by atoms with Crippen LogP contribution in [0.15, 0.2) is 15.6 Å². The minimum Gasteiger partial charge on any atom is -0.477 e. The van der Waals surface area contributed by atoms with Crippen molar-refractivity contribution in [1.82, 2.24) is 20.4 Å². The molecule has 2 unspecified atom stereocenters. The zero-order chi connectivity index (χ0) is 20.5. The number of rotatable bonds is 6. The van der Waals surface area contributed by atoms with E-state index in [0.717, 1.165) is 41.5 Å². The minimum atomic E-state index is -1.11. The Morgan fingerprint density at radius 3 is 2.69 bits per heavy atom. The fourth-order valence-electron chi connectivity index (χ4n) is 3.92. The first-order valence-electron chi connectivity index (χ1n) is 9.59. The molecule has 1 saturated carbocycles. The number of hydrogen-bond acceptors (Lipinski definition) is 8. The Morgan fingerprint density at radius 1 is 1.28 bits per heavy atom. The molecule has 1 aliphatic carbocycles. The minimum absolute atomic E-state index is 0.0315. The van der Waals surface area contributed by atoms with Gasteiger partial charge in [-0.1, -0.05) is 42.4 Å². The Kier molecular flexibility index (Phi) is 6.16. The maximum atomic E-state index is 12.7. The Bertz CT molecular complexity index is 865. The molecule has 156 valence electrons. The zero-order valence-corrected chi connectivity index (χ0v) is 18.4. The van der Waals surface area contributed by atoms with E-state index in [-0.39, 0.29) is 28.8 Å². The average molecular weight is 455 g/mol. The number of amides is 2. The van der Waals surface area contributed by atoms with E-state index in [9.17, 15) is 19.5 Å². The van der Waals surface area contributed by atoms with Gasteiger partial charge in [-0.3, -0.25) is 14.5 Å². The number of carboxylic acids is 1. The fraction of sp³-hybridized carbons (Fsp3) is 0.611. The van der Waals surface area contributed by atoms with E-state index >= 15 is 0 Å². The zero-order valence-electron chi connectivity index (χ0n) is 15.9. The molecule has 2 amide bonds. The first-order valence-corrected chi connectivity index (χ1v) is 12.4. The van der Waals surface area contributed by atoms with E-state index in [4.69, 9.17) is 0 Å². The van der Waals surface area contributed by atoms with E-state index < -0.39 is 12.0 Å². The summed E-state index contributed by atoms with van der Waals surface area (Å²) in [6.45, 7) is 1.87. The van der Waals surface area contributed by atoms with Gasteiger partial charge >= 0.3 is 5.97 Å². The van der Waals surface area contributed by atoms with Crippen LogP contribution < -0.4 is 5.32 Å². The third-order valence-electron chi connectivity index (χ3n) is 5.40. The SMILES string of the molecule is Cc1nnc(SCC2=C(C(=O)O)N3C(=O)C(NC(=O)C4CCCCC4)C3SC2)s1. The summed E-state index contributed by atoms with van der Waals surface area (Å²) < 4.78 is 0.777. The number of β-lactam (4-membered cyclic amide) rings is 1. The van der Waals surface area contributed by atoms with E-state index in [1.54, 1.807) is 0 Å². The van der Waals surface area contributed by atoms with Crippen LogP contribution in [0.25, 0.3) is 0 Å². The first kappa shape index (κ1) is 20.7. The van der Waals surface area contributed by atoms with Crippen molar-refractivity contribution in [2.75, 3.05) is 11.5 Å². The lowest BCUT2D eigenvalue weighted by Crippen LogP contribution is -2.71. The molecule has 0 bridgehead atoms. The maximum Gasteiger partial charge on any atom is 0.352 e. The molecule has 4 rings (SSSR count). The molecule has 8 nitrogen and oxygen atoms in total. The summed E-state index contributed by atoms with van der Waals surface area (Å²) in [5.74, 6) is -0.592. The van der Waals surface area contributed by atoms with Crippen molar-refractivity contribution in [1.29, 1.82) is 0 Å². The molecule has 29 heavy (non-hydrogen) atoms. The topological polar surface area (TPSA) is 112 Å². The van der Waals surface area contributed by atoms with Gasteiger partial charge in [-0.15, -0.1) is 22.0 Å². The van der Waals surface area contributed by atoms with Gasteiger partial charge in [0.25, 0.3) is 5.91 Å². The fourth-order valence-corrected chi connectivity index (χ4v) is 7.22. The van der Waals surface area contributed by atoms with Crippen molar-refractivity contribution in [3.05, 3.63) is 16.3 Å². The quantitative estimate of drug-likeness (QED) is 0.497. The second kappa shape index (κ2) is 8.65. The normalized spacial score (nSPS) is 24.9. The van der Waals surface area contributed by atoms with Gasteiger partial charge in [0.1, 0.15) is 22.1 Å². The Morgan fingerprint density at radius 2 is 2.03 bits per heavy atom. The van der Waals surface area contributed by atoms with Gasteiger partial charge in [0.15, 0.2) is 4.34 Å². The van der Waals surface area contributed by atoms with Gasteiger partial charge in [-0.25, -0.2) is 4.79 Å². The van der Waals surface area contributed by atoms with Crippen LogP contribution in [0.5, 0.6) is 0 Å². The third-order valence-corrected chi connectivity index (χ3v) is 8.80. The third kappa shape index (κ3) is 4.17. The average Bonchev–Trinajstić information content (AvgIpc) is 3.15. The Hall–Kier alpha value is -1.59. The molecule has 2 N–H and O–H groups in total. The lowest BCUT2D eigenvalue weighted by Gasteiger charge is -2.49. The highest BCUT2D eigenvalue weighted by atomic mass is 32.2. The molecule has 11 heteroatoms. The largest absolute Gasteiger partial charge is 0.477 e. The molecule has 2 fully saturated rings. The number of nitrogens with zero attached hydrogens (tertiary/aromatic N) is 3. The number of carbonyl (C=O) groups excluding carboxylic acids is 2. The lowest BCUT2D eigenvalue weighted by molar-refractivity contribution is -0.151. The second-order valence-corrected chi connectivity index (χ2v) is 10.9. The molecule has 0 aromatic carbocycles. The summed E-state index contributed by atoms with van der Waals surface area (Å²) in [4.78, 5) is 38.5. The van der Waals surface area contributed by atoms with Gasteiger partial charge in [0, 0.05) is 17.4 Å². The van der Waals surface area contributed by atoms with E-state index in [1.807, 2.05) is 6.92 Å². The van der Waals surface area contributed by atoms with Crippen molar-refractivity contribution in [3.8, 4) is 0 Å². The standard InChI is InChI=1S/C18H22N4O4S3/c1-9-20-21-18(29-9)28-8-11-7-27-16-12(15(24)22(16)13(11)17(25)26)19-14(23)10-5-3-2-4-6-10/h10,12,16H,2-8H2,1H3,(H,19,23)(H,25,26). The molecule has 1 aromatic heterocycles. The van der Waals surface area contributed by atoms with Gasteiger partial charge in [-0.2, -0.15) is 0 Å². The van der Waals surface area contributed by atoms with Gasteiger partial charge in [0.05, 0.1) is 0 Å². The summed E-state index contributed by atoms with van der Waals surface area (Å²) in [5.41, 5.74) is 0.748. The smallest absolute Gasteiger partial charge is 0.352 e. The number of hydrogen-bond donors (Lipinski definition) is 2. The van der Waals surface area contributed by atoms with E-state index in [1.165, 1.54) is 39.8 Å². The molecule has 2 atom stereocenters. The molecule has 2 aliphatic heterocycles. The van der Waals surface area contributed by atoms with Crippen LogP contribution >= 0.6 is 34.9 Å². The summed E-state index contributed by atoms with van der Waals surface area (Å²) in [6.07, 6.45) is 4.97. The van der Waals surface area contributed by atoms with Gasteiger partial charge in [-0.05, 0) is 25.3 Å². The highest BCUT2D eigenvalue weighted by molar-refractivity contribution is 8.01. The van der Waals surface area contributed by atoms with Crippen LogP contribution in [0.2, 0.25) is 0 Å². The number of thioether (sulfide) groups is 2. The summed E-state index contributed by atoms with van der Waals surface area (Å²) in [7, 11) is 0. The van der Waals surface area contributed by atoms with E-state index in [0.29, 0.717) is 17.1 Å². The molecule has 3 heterocycles. The number of aliphatic carboxylic acids is 1. The maximum absolute atomic E-state index is 12.7. The molecule has 1 aromatic rings. The van der Waals surface area contributed by atoms with Crippen molar-refractivity contribution in [3.63, 3.8) is 0 Å².